The first-order valence-electron chi connectivity index (χ1n) is 4.58. The number of amides is 2. The second-order valence-electron chi connectivity index (χ2n) is 3.09. The lowest BCUT2D eigenvalue weighted by atomic mass is 10.3. The van der Waals surface area contributed by atoms with Crippen LogP contribution in [0.3, 0.4) is 0 Å². The van der Waals surface area contributed by atoms with Gasteiger partial charge in [0.05, 0.1) is 6.26 Å². The predicted octanol–water partition coefficient (Wildman–Crippen LogP) is 1.65. The van der Waals surface area contributed by atoms with E-state index in [2.05, 4.69) is 11.6 Å². The molecule has 0 bridgehead atoms. The molecule has 0 saturated carbocycles. The van der Waals surface area contributed by atoms with Crippen LogP contribution < -0.4 is 10.9 Å². The molecule has 0 aliphatic heterocycles. The normalized spacial score (nSPS) is 11.0. The summed E-state index contributed by atoms with van der Waals surface area (Å²) in [6.45, 7) is 0. The number of rotatable bonds is 4. The maximum absolute atomic E-state index is 12.2. The van der Waals surface area contributed by atoms with Crippen LogP contribution in [0.25, 0.3) is 0 Å². The van der Waals surface area contributed by atoms with Gasteiger partial charge >= 0.3 is 11.3 Å². The van der Waals surface area contributed by atoms with E-state index in [1.54, 1.807) is 0 Å². The molecule has 0 aliphatic rings. The molecule has 0 radical (unpaired) electrons. The van der Waals surface area contributed by atoms with Gasteiger partial charge in [0.15, 0.2) is 5.76 Å². The zero-order valence-corrected chi connectivity index (χ0v) is 9.26. The third-order valence-electron chi connectivity index (χ3n) is 1.70. The predicted molar refractivity (Wildman–Crippen MR) is 54.4 cm³/mol. The van der Waals surface area contributed by atoms with Crippen molar-refractivity contribution in [2.45, 2.75) is 18.2 Å². The molecule has 1 rings (SSSR count). The van der Waals surface area contributed by atoms with Crippen LogP contribution >= 0.6 is 11.6 Å². The van der Waals surface area contributed by atoms with Gasteiger partial charge in [-0.3, -0.25) is 20.4 Å². The van der Waals surface area contributed by atoms with Crippen molar-refractivity contribution in [1.82, 2.24) is 10.9 Å². The van der Waals surface area contributed by atoms with Gasteiger partial charge < -0.3 is 4.42 Å². The van der Waals surface area contributed by atoms with Crippen molar-refractivity contribution in [2.75, 3.05) is 0 Å². The molecule has 1 aromatic heterocycles. The van der Waals surface area contributed by atoms with Crippen LogP contribution in [0.4, 0.5) is 8.78 Å². The Bertz CT molecular complexity index is 389. The number of hydrazine groups is 1. The molecule has 0 saturated heterocycles. The molecule has 0 aliphatic carbocycles. The number of carbonyl (C=O) groups is 2. The lowest BCUT2D eigenvalue weighted by Gasteiger charge is -2.08. The first-order chi connectivity index (χ1) is 7.88. The van der Waals surface area contributed by atoms with Crippen molar-refractivity contribution >= 4 is 23.4 Å². The number of alkyl halides is 3. The maximum Gasteiger partial charge on any atom is 0.322 e. The lowest BCUT2D eigenvalue weighted by Crippen LogP contribution is -2.41. The fourth-order valence-corrected chi connectivity index (χ4v) is 1.01. The highest BCUT2D eigenvalue weighted by atomic mass is 35.5. The highest BCUT2D eigenvalue weighted by Crippen LogP contribution is 2.24. The Balaban J connectivity index is 2.27. The molecular weight excluding hydrogens is 258 g/mol. The zero-order chi connectivity index (χ0) is 12.9. The van der Waals surface area contributed by atoms with E-state index in [9.17, 15) is 18.4 Å². The summed E-state index contributed by atoms with van der Waals surface area (Å²) in [4.78, 5) is 22.2. The van der Waals surface area contributed by atoms with Gasteiger partial charge in [-0.25, -0.2) is 0 Å². The largest absolute Gasteiger partial charge is 0.459 e. The van der Waals surface area contributed by atoms with Crippen LogP contribution in [-0.2, 0) is 4.79 Å². The molecule has 5 nitrogen and oxygen atoms in total. The number of nitrogens with one attached hydrogen (secondary N) is 2. The summed E-state index contributed by atoms with van der Waals surface area (Å²) in [6, 6.07) is 2.87. The van der Waals surface area contributed by atoms with E-state index in [0.717, 1.165) is 0 Å². The number of carbonyl (C=O) groups excluding carboxylic acids is 2. The molecule has 0 spiro atoms. The minimum Gasteiger partial charge on any atom is -0.459 e. The van der Waals surface area contributed by atoms with Crippen LogP contribution in [0.15, 0.2) is 22.8 Å². The van der Waals surface area contributed by atoms with Crippen LogP contribution in [0.1, 0.15) is 23.4 Å². The zero-order valence-electron chi connectivity index (χ0n) is 8.50. The van der Waals surface area contributed by atoms with Crippen LogP contribution in [0, 0.1) is 0 Å². The number of hydrogen-bond acceptors (Lipinski definition) is 3. The van der Waals surface area contributed by atoms with Gasteiger partial charge in [-0.05, 0) is 23.7 Å². The van der Waals surface area contributed by atoms with E-state index in [4.69, 9.17) is 4.42 Å². The Hall–Kier alpha value is -1.63. The summed E-state index contributed by atoms with van der Waals surface area (Å²) in [5.74, 6) is -1.46. The number of halogens is 3. The fraction of sp³-hybridized carbons (Fsp3) is 0.333. The van der Waals surface area contributed by atoms with Crippen LogP contribution in [-0.4, -0.2) is 17.2 Å². The van der Waals surface area contributed by atoms with Crippen LogP contribution in [0.2, 0.25) is 0 Å². The summed E-state index contributed by atoms with van der Waals surface area (Å²) in [7, 11) is 0. The quantitative estimate of drug-likeness (QED) is 0.643. The van der Waals surface area contributed by atoms with Crippen molar-refractivity contribution in [3.63, 3.8) is 0 Å². The molecule has 8 heteroatoms. The molecule has 2 amide bonds. The smallest absolute Gasteiger partial charge is 0.322 e. The number of hydrogen-bond donors (Lipinski definition) is 2. The first kappa shape index (κ1) is 13.4. The molecule has 1 aromatic rings. The second kappa shape index (κ2) is 5.62. The Kier molecular flexibility index (Phi) is 4.45. The summed E-state index contributed by atoms with van der Waals surface area (Å²) >= 11 is 4.61. The van der Waals surface area contributed by atoms with E-state index in [0.29, 0.717) is 0 Å². The summed E-state index contributed by atoms with van der Waals surface area (Å²) in [5, 5.41) is -3.43. The van der Waals surface area contributed by atoms with Gasteiger partial charge in [0.25, 0.3) is 0 Å². The fourth-order valence-electron chi connectivity index (χ4n) is 0.914. The Morgan fingerprint density at radius 2 is 2.12 bits per heavy atom. The van der Waals surface area contributed by atoms with Gasteiger partial charge in [-0.15, -0.1) is 0 Å². The van der Waals surface area contributed by atoms with Crippen molar-refractivity contribution in [3.8, 4) is 0 Å². The van der Waals surface area contributed by atoms with E-state index >= 15 is 0 Å². The summed E-state index contributed by atoms with van der Waals surface area (Å²) < 4.78 is 29.1. The lowest BCUT2D eigenvalue weighted by molar-refractivity contribution is -0.122. The van der Waals surface area contributed by atoms with Crippen molar-refractivity contribution in [2.24, 2.45) is 0 Å². The van der Waals surface area contributed by atoms with Gasteiger partial charge in [-0.1, -0.05) is 0 Å². The van der Waals surface area contributed by atoms with Gasteiger partial charge in [0.1, 0.15) is 0 Å². The van der Waals surface area contributed by atoms with Gasteiger partial charge in [0, 0.05) is 12.8 Å². The molecule has 94 valence electrons. The Morgan fingerprint density at radius 1 is 1.41 bits per heavy atom. The second-order valence-corrected chi connectivity index (χ2v) is 3.65. The molecule has 0 fully saturated rings. The van der Waals surface area contributed by atoms with E-state index in [1.165, 1.54) is 18.4 Å². The Labute approximate surface area is 100 Å². The van der Waals surface area contributed by atoms with Gasteiger partial charge in [-0.2, -0.15) is 8.78 Å². The van der Waals surface area contributed by atoms with Crippen molar-refractivity contribution in [3.05, 3.63) is 24.2 Å². The highest BCUT2D eigenvalue weighted by Gasteiger charge is 2.25. The van der Waals surface area contributed by atoms with E-state index < -0.39 is 30.0 Å². The average Bonchev–Trinajstić information content (AvgIpc) is 2.75. The SMILES string of the molecule is O=C(CCC(F)(F)Cl)NNC(=O)c1ccco1. The molecule has 0 unspecified atom stereocenters. The maximum atomic E-state index is 12.2. The molecular formula is C9H9ClF2N2O3. The van der Waals surface area contributed by atoms with Crippen molar-refractivity contribution in [1.29, 1.82) is 0 Å². The third-order valence-corrected chi connectivity index (χ3v) is 1.88. The summed E-state index contributed by atoms with van der Waals surface area (Å²) in [6.07, 6.45) is -0.0310. The standard InChI is InChI=1S/C9H9ClF2N2O3/c10-9(11,12)4-3-7(15)13-14-8(16)6-2-1-5-17-6/h1-2,5H,3-4H2,(H,13,15)(H,14,16). The van der Waals surface area contributed by atoms with E-state index in [-0.39, 0.29) is 5.76 Å². The van der Waals surface area contributed by atoms with Crippen LogP contribution in [0.5, 0.6) is 0 Å². The average molecular weight is 267 g/mol. The van der Waals surface area contributed by atoms with Crippen molar-refractivity contribution < 1.29 is 22.8 Å². The number of furan rings is 1. The summed E-state index contributed by atoms with van der Waals surface area (Å²) in [5.41, 5.74) is 3.95. The molecule has 1 heterocycles. The minimum atomic E-state index is -3.43. The molecule has 2 N–H and O–H groups in total. The Morgan fingerprint density at radius 3 is 2.65 bits per heavy atom. The molecule has 17 heavy (non-hydrogen) atoms. The third kappa shape index (κ3) is 5.30. The molecule has 0 atom stereocenters. The molecule has 0 aromatic carbocycles. The topological polar surface area (TPSA) is 71.3 Å². The minimum absolute atomic E-state index is 0.00651. The van der Waals surface area contributed by atoms with E-state index in [1.807, 2.05) is 10.9 Å². The first-order valence-corrected chi connectivity index (χ1v) is 4.96. The highest BCUT2D eigenvalue weighted by molar-refractivity contribution is 6.21. The monoisotopic (exact) mass is 266 g/mol. The van der Waals surface area contributed by atoms with Gasteiger partial charge in [0.2, 0.25) is 5.91 Å².